The summed E-state index contributed by atoms with van der Waals surface area (Å²) in [6, 6.07) is 0. The van der Waals surface area contributed by atoms with Gasteiger partial charge in [0.05, 0.1) is 0 Å². The zero-order valence-corrected chi connectivity index (χ0v) is 7.17. The van der Waals surface area contributed by atoms with E-state index in [9.17, 15) is 0 Å². The molecule has 0 aromatic carbocycles. The Morgan fingerprint density at radius 2 is 1.50 bits per heavy atom. The monoisotopic (exact) mass is 146 g/mol. The molecular formula is C2H3NaO4S. The summed E-state index contributed by atoms with van der Waals surface area (Å²) >= 11 is 0. The predicted octanol–water partition coefficient (Wildman–Crippen LogP) is -5.06. The molecule has 1 N–H and O–H groups in total. The summed E-state index contributed by atoms with van der Waals surface area (Å²) in [6.45, 7) is 0. The van der Waals surface area contributed by atoms with Gasteiger partial charge in [-0.15, -0.1) is 0 Å². The molecule has 8 heavy (non-hydrogen) atoms. The third-order valence-electron chi connectivity index (χ3n) is 0.175. The predicted molar refractivity (Wildman–Crippen MR) is 23.0 cm³/mol. The van der Waals surface area contributed by atoms with Crippen molar-refractivity contribution in [1.29, 1.82) is 0 Å². The minimum Gasteiger partial charge on any atom is -0.539 e. The van der Waals surface area contributed by atoms with Crippen LogP contribution < -0.4 is 34.7 Å². The Morgan fingerprint density at radius 3 is 1.50 bits per heavy atom. The third kappa shape index (κ3) is 9.56. The van der Waals surface area contributed by atoms with E-state index in [2.05, 4.69) is 0 Å². The van der Waals surface area contributed by atoms with E-state index < -0.39 is 11.9 Å². The van der Waals surface area contributed by atoms with Crippen molar-refractivity contribution in [2.75, 3.05) is 0 Å². The second-order valence-corrected chi connectivity index (χ2v) is 0.593. The van der Waals surface area contributed by atoms with Crippen LogP contribution in [0.3, 0.4) is 0 Å². The third-order valence-corrected chi connectivity index (χ3v) is 0.175. The average molecular weight is 146 g/mol. The van der Waals surface area contributed by atoms with Crippen molar-refractivity contribution < 1.29 is 49.4 Å². The van der Waals surface area contributed by atoms with Crippen LogP contribution in [0.4, 0.5) is 0 Å². The molecule has 0 aromatic rings. The van der Waals surface area contributed by atoms with Gasteiger partial charge in [-0.2, -0.15) is 13.5 Å². The van der Waals surface area contributed by atoms with Gasteiger partial charge in [0.15, 0.2) is 5.97 Å². The fourth-order valence-electron chi connectivity index (χ4n) is 0. The van der Waals surface area contributed by atoms with E-state index in [-0.39, 0.29) is 43.1 Å². The van der Waals surface area contributed by atoms with E-state index in [4.69, 9.17) is 19.8 Å². The zero-order chi connectivity index (χ0) is 5.15. The van der Waals surface area contributed by atoms with Gasteiger partial charge < -0.3 is 15.0 Å². The van der Waals surface area contributed by atoms with Crippen molar-refractivity contribution >= 4 is 25.4 Å². The number of carbonyl (C=O) groups excluding carboxylic acids is 1. The van der Waals surface area contributed by atoms with Gasteiger partial charge in [0.1, 0.15) is 0 Å². The van der Waals surface area contributed by atoms with E-state index in [0.29, 0.717) is 0 Å². The number of aliphatic carboxylic acids is 2. The summed E-state index contributed by atoms with van der Waals surface area (Å²) in [5, 5.41) is 16.3. The molecule has 0 amide bonds. The van der Waals surface area contributed by atoms with Crippen molar-refractivity contribution in [3.8, 4) is 0 Å². The van der Waals surface area contributed by atoms with Crippen LogP contribution >= 0.6 is 13.5 Å². The Labute approximate surface area is 74.6 Å². The number of carboxylic acids is 2. The Morgan fingerprint density at radius 1 is 1.38 bits per heavy atom. The topological polar surface area (TPSA) is 77.4 Å². The molecule has 4 nitrogen and oxygen atoms in total. The van der Waals surface area contributed by atoms with E-state index in [1.165, 1.54) is 0 Å². The molecule has 0 bridgehead atoms. The van der Waals surface area contributed by atoms with Crippen LogP contribution in [0.25, 0.3) is 0 Å². The van der Waals surface area contributed by atoms with Gasteiger partial charge in [0, 0.05) is 0 Å². The zero-order valence-electron chi connectivity index (χ0n) is 4.17. The van der Waals surface area contributed by atoms with Crippen molar-refractivity contribution in [2.24, 2.45) is 0 Å². The largest absolute Gasteiger partial charge is 1.00 e. The Bertz CT molecular complexity index is 80.0. The molecule has 0 aromatic heterocycles. The van der Waals surface area contributed by atoms with Crippen LogP contribution in [0, 0.1) is 0 Å². The minimum atomic E-state index is -2.07. The van der Waals surface area contributed by atoms with E-state index in [1.807, 2.05) is 0 Å². The van der Waals surface area contributed by atoms with Gasteiger partial charge in [-0.25, -0.2) is 4.79 Å². The number of rotatable bonds is 0. The van der Waals surface area contributed by atoms with Crippen molar-refractivity contribution in [2.45, 2.75) is 0 Å². The number of carbonyl (C=O) groups is 2. The summed E-state index contributed by atoms with van der Waals surface area (Å²) in [5.74, 6) is -4.01. The smallest absolute Gasteiger partial charge is 0.539 e. The van der Waals surface area contributed by atoms with Gasteiger partial charge in [-0.3, -0.25) is 0 Å². The first-order chi connectivity index (χ1) is 2.64. The first-order valence-corrected chi connectivity index (χ1v) is 1.09. The molecule has 0 heterocycles. The molecule has 0 saturated heterocycles. The molecule has 0 spiro atoms. The quantitative estimate of drug-likeness (QED) is 0.274. The molecule has 0 radical (unpaired) electrons. The normalized spacial score (nSPS) is 5.50. The minimum absolute atomic E-state index is 0. The van der Waals surface area contributed by atoms with Gasteiger partial charge in [0.25, 0.3) is 0 Å². The summed E-state index contributed by atoms with van der Waals surface area (Å²) in [7, 11) is 0. The van der Waals surface area contributed by atoms with Gasteiger partial charge in [-0.05, 0) is 0 Å². The van der Waals surface area contributed by atoms with Crippen molar-refractivity contribution in [3.63, 3.8) is 0 Å². The molecule has 42 valence electrons. The van der Waals surface area contributed by atoms with Gasteiger partial charge in [0.2, 0.25) is 0 Å². The van der Waals surface area contributed by atoms with Crippen LogP contribution in [0.15, 0.2) is 0 Å². The van der Waals surface area contributed by atoms with Crippen molar-refractivity contribution in [3.05, 3.63) is 0 Å². The molecule has 6 heteroatoms. The Hall–Kier alpha value is 0.290. The van der Waals surface area contributed by atoms with Crippen LogP contribution in [0.2, 0.25) is 0 Å². The molecule has 0 aliphatic rings. The van der Waals surface area contributed by atoms with Gasteiger partial charge >= 0.3 is 35.5 Å². The molecule has 0 aliphatic heterocycles. The number of carboxylic acid groups (broad SMARTS) is 2. The molecule has 0 atom stereocenters. The first kappa shape index (κ1) is 15.7. The molecule has 0 fully saturated rings. The van der Waals surface area contributed by atoms with Crippen LogP contribution in [0.5, 0.6) is 0 Å². The molecule has 0 aliphatic carbocycles. The van der Waals surface area contributed by atoms with Crippen LogP contribution in [-0.4, -0.2) is 17.0 Å². The molecule has 0 unspecified atom stereocenters. The first-order valence-electron chi connectivity index (χ1n) is 1.09. The maximum Gasteiger partial charge on any atom is 1.00 e. The summed E-state index contributed by atoms with van der Waals surface area (Å²) < 4.78 is 0. The van der Waals surface area contributed by atoms with E-state index in [1.54, 1.807) is 0 Å². The molecule has 0 saturated carbocycles. The molecular weight excluding hydrogens is 143 g/mol. The summed E-state index contributed by atoms with van der Waals surface area (Å²) in [5.41, 5.74) is 0. The SMILES string of the molecule is O=C([O-])C(=O)O.S.[Na+]. The number of hydrogen-bond acceptors (Lipinski definition) is 3. The standard InChI is InChI=1S/C2H2O4.Na.H2S/c3-1(4)2(5)6;;/h(H,3,4)(H,5,6);;1H2/q;+1;/p-1. The summed E-state index contributed by atoms with van der Waals surface area (Å²) in [4.78, 5) is 18.0. The number of hydrogen-bond donors (Lipinski definition) is 1. The maximum absolute atomic E-state index is 9.04. The fraction of sp³-hybridized carbons (Fsp3) is 0. The Kier molecular flexibility index (Phi) is 14.3. The molecule has 0 rings (SSSR count). The van der Waals surface area contributed by atoms with Gasteiger partial charge in [-0.1, -0.05) is 0 Å². The summed E-state index contributed by atoms with van der Waals surface area (Å²) in [6.07, 6.45) is 0. The average Bonchev–Trinajstić information content (AvgIpc) is 1.36. The fourth-order valence-corrected chi connectivity index (χ4v) is 0. The van der Waals surface area contributed by atoms with Crippen molar-refractivity contribution in [1.82, 2.24) is 0 Å². The Balaban J connectivity index is -0.000000125. The van der Waals surface area contributed by atoms with E-state index >= 15 is 0 Å². The van der Waals surface area contributed by atoms with Crippen LogP contribution in [-0.2, 0) is 9.59 Å². The maximum atomic E-state index is 9.04. The van der Waals surface area contributed by atoms with Crippen LogP contribution in [0.1, 0.15) is 0 Å². The second kappa shape index (κ2) is 7.29. The second-order valence-electron chi connectivity index (χ2n) is 0.593. The van der Waals surface area contributed by atoms with E-state index in [0.717, 1.165) is 0 Å².